The molecule has 17 heavy (non-hydrogen) atoms. The largest absolute Gasteiger partial charge is 0.508 e. The molecule has 1 N–H and O–H groups in total. The maximum Gasteiger partial charge on any atom is 0.254 e. The molecule has 90 valence electrons. The van der Waals surface area contributed by atoms with Gasteiger partial charge in [-0.2, -0.15) is 5.26 Å². The predicted molar refractivity (Wildman–Crippen MR) is 64.5 cm³/mol. The summed E-state index contributed by atoms with van der Waals surface area (Å²) in [6.45, 7) is 4.21. The average molecular weight is 232 g/mol. The smallest absolute Gasteiger partial charge is 0.254 e. The lowest BCUT2D eigenvalue weighted by Crippen LogP contribution is -2.37. The van der Waals surface area contributed by atoms with E-state index in [0.29, 0.717) is 18.5 Å². The molecule has 0 saturated carbocycles. The van der Waals surface area contributed by atoms with E-state index >= 15 is 0 Å². The second kappa shape index (κ2) is 5.90. The van der Waals surface area contributed by atoms with E-state index in [-0.39, 0.29) is 17.7 Å². The molecule has 4 nitrogen and oxygen atoms in total. The number of benzene rings is 1. The Hall–Kier alpha value is -2.02. The Bertz CT molecular complexity index is 435. The third kappa shape index (κ3) is 3.49. The fourth-order valence-corrected chi connectivity index (χ4v) is 1.57. The molecule has 4 heteroatoms. The Morgan fingerprint density at radius 3 is 2.76 bits per heavy atom. The number of rotatable bonds is 4. The molecular weight excluding hydrogens is 216 g/mol. The van der Waals surface area contributed by atoms with Gasteiger partial charge in [-0.3, -0.25) is 4.79 Å². The Labute approximate surface area is 101 Å². The number of phenols is 1. The van der Waals surface area contributed by atoms with Crippen molar-refractivity contribution in [2.45, 2.75) is 26.3 Å². The van der Waals surface area contributed by atoms with Crippen molar-refractivity contribution in [1.29, 1.82) is 5.26 Å². The van der Waals surface area contributed by atoms with Crippen molar-refractivity contribution in [2.24, 2.45) is 0 Å². The number of amides is 1. The summed E-state index contributed by atoms with van der Waals surface area (Å²) in [6.07, 6.45) is 0.308. The number of carbonyl (C=O) groups excluding carboxylic acids is 1. The van der Waals surface area contributed by atoms with Crippen LogP contribution in [-0.4, -0.2) is 28.5 Å². The van der Waals surface area contributed by atoms with Gasteiger partial charge in [0.2, 0.25) is 0 Å². The molecule has 0 heterocycles. The Morgan fingerprint density at radius 2 is 2.24 bits per heavy atom. The van der Waals surface area contributed by atoms with E-state index < -0.39 is 0 Å². The topological polar surface area (TPSA) is 64.3 Å². The van der Waals surface area contributed by atoms with Crippen LogP contribution in [0.15, 0.2) is 24.3 Å². The fraction of sp³-hybridized carbons (Fsp3) is 0.385. The average Bonchev–Trinajstić information content (AvgIpc) is 2.29. The number of phenolic OH excluding ortho intramolecular Hbond substituents is 1. The molecule has 0 spiro atoms. The van der Waals surface area contributed by atoms with Gasteiger partial charge in [0.25, 0.3) is 5.91 Å². The van der Waals surface area contributed by atoms with Crippen LogP contribution >= 0.6 is 0 Å². The van der Waals surface area contributed by atoms with Crippen LogP contribution in [0.4, 0.5) is 0 Å². The molecule has 1 aromatic rings. The number of hydrogen-bond acceptors (Lipinski definition) is 3. The van der Waals surface area contributed by atoms with Crippen LogP contribution < -0.4 is 0 Å². The van der Waals surface area contributed by atoms with Crippen molar-refractivity contribution in [1.82, 2.24) is 4.90 Å². The maximum absolute atomic E-state index is 12.1. The first kappa shape index (κ1) is 13.0. The summed E-state index contributed by atoms with van der Waals surface area (Å²) in [5.74, 6) is -0.0917. The minimum Gasteiger partial charge on any atom is -0.508 e. The van der Waals surface area contributed by atoms with Gasteiger partial charge in [-0.05, 0) is 32.0 Å². The number of nitriles is 1. The molecule has 0 bridgehead atoms. The molecule has 0 radical (unpaired) electrons. The summed E-state index contributed by atoms with van der Waals surface area (Å²) >= 11 is 0. The molecule has 1 rings (SSSR count). The number of nitrogens with zero attached hydrogens (tertiary/aromatic N) is 2. The second-order valence-corrected chi connectivity index (χ2v) is 4.05. The fourth-order valence-electron chi connectivity index (χ4n) is 1.57. The van der Waals surface area contributed by atoms with Crippen LogP contribution in [0.1, 0.15) is 30.6 Å². The summed E-state index contributed by atoms with van der Waals surface area (Å²) in [5.41, 5.74) is 0.441. The predicted octanol–water partition coefficient (Wildman–Crippen LogP) is 2.16. The Kier molecular flexibility index (Phi) is 4.53. The number of hydrogen-bond donors (Lipinski definition) is 1. The van der Waals surface area contributed by atoms with Crippen molar-refractivity contribution in [3.63, 3.8) is 0 Å². The molecular formula is C13H16N2O2. The van der Waals surface area contributed by atoms with E-state index in [9.17, 15) is 9.90 Å². The van der Waals surface area contributed by atoms with Gasteiger partial charge in [-0.15, -0.1) is 0 Å². The second-order valence-electron chi connectivity index (χ2n) is 4.05. The SMILES string of the molecule is CC(C)N(CCC#N)C(=O)c1cccc(O)c1. The highest BCUT2D eigenvalue weighted by Crippen LogP contribution is 2.14. The first-order valence-electron chi connectivity index (χ1n) is 5.53. The Morgan fingerprint density at radius 1 is 1.53 bits per heavy atom. The highest BCUT2D eigenvalue weighted by atomic mass is 16.3. The van der Waals surface area contributed by atoms with Crippen LogP contribution in [0.25, 0.3) is 0 Å². The van der Waals surface area contributed by atoms with Gasteiger partial charge in [0.05, 0.1) is 12.5 Å². The summed E-state index contributed by atoms with van der Waals surface area (Å²) in [7, 11) is 0. The summed E-state index contributed by atoms with van der Waals surface area (Å²) < 4.78 is 0. The van der Waals surface area contributed by atoms with Crippen molar-refractivity contribution in [3.05, 3.63) is 29.8 Å². The van der Waals surface area contributed by atoms with E-state index in [1.165, 1.54) is 12.1 Å². The Balaban J connectivity index is 2.88. The van der Waals surface area contributed by atoms with Crippen LogP contribution in [0, 0.1) is 11.3 Å². The highest BCUT2D eigenvalue weighted by molar-refractivity contribution is 5.94. The van der Waals surface area contributed by atoms with Gasteiger partial charge in [0.1, 0.15) is 5.75 Å². The van der Waals surface area contributed by atoms with Crippen molar-refractivity contribution >= 4 is 5.91 Å². The molecule has 0 saturated heterocycles. The van der Waals surface area contributed by atoms with Crippen LogP contribution in [-0.2, 0) is 0 Å². The first-order valence-corrected chi connectivity index (χ1v) is 5.53. The van der Waals surface area contributed by atoms with Crippen molar-refractivity contribution in [2.75, 3.05) is 6.54 Å². The lowest BCUT2D eigenvalue weighted by atomic mass is 10.1. The van der Waals surface area contributed by atoms with Gasteiger partial charge in [-0.1, -0.05) is 6.07 Å². The minimum atomic E-state index is -0.161. The van der Waals surface area contributed by atoms with Crippen LogP contribution in [0.5, 0.6) is 5.75 Å². The summed E-state index contributed by atoms with van der Waals surface area (Å²) in [5, 5.41) is 17.9. The zero-order valence-corrected chi connectivity index (χ0v) is 10.1. The molecule has 0 aliphatic heterocycles. The van der Waals surface area contributed by atoms with E-state index in [1.54, 1.807) is 17.0 Å². The van der Waals surface area contributed by atoms with E-state index in [4.69, 9.17) is 5.26 Å². The van der Waals surface area contributed by atoms with E-state index in [0.717, 1.165) is 0 Å². The van der Waals surface area contributed by atoms with Gasteiger partial charge >= 0.3 is 0 Å². The lowest BCUT2D eigenvalue weighted by molar-refractivity contribution is 0.0710. The molecule has 1 amide bonds. The standard InChI is InChI=1S/C13H16N2O2/c1-10(2)15(8-4-7-14)13(17)11-5-3-6-12(16)9-11/h3,5-6,9-10,16H,4,8H2,1-2H3. The maximum atomic E-state index is 12.1. The molecule has 0 fully saturated rings. The first-order chi connectivity index (χ1) is 8.06. The molecule has 1 aromatic carbocycles. The van der Waals surface area contributed by atoms with Crippen LogP contribution in [0.2, 0.25) is 0 Å². The van der Waals surface area contributed by atoms with Crippen molar-refractivity contribution in [3.8, 4) is 11.8 Å². The monoisotopic (exact) mass is 232 g/mol. The summed E-state index contributed by atoms with van der Waals surface area (Å²) in [6, 6.07) is 8.29. The molecule has 0 unspecified atom stereocenters. The lowest BCUT2D eigenvalue weighted by Gasteiger charge is -2.25. The van der Waals surface area contributed by atoms with Crippen LogP contribution in [0.3, 0.4) is 0 Å². The number of aromatic hydroxyl groups is 1. The number of carbonyl (C=O) groups is 1. The van der Waals surface area contributed by atoms with Gasteiger partial charge in [0, 0.05) is 18.2 Å². The zero-order chi connectivity index (χ0) is 12.8. The van der Waals surface area contributed by atoms with E-state index in [1.807, 2.05) is 19.9 Å². The zero-order valence-electron chi connectivity index (χ0n) is 10.1. The molecule has 0 aromatic heterocycles. The third-order valence-electron chi connectivity index (χ3n) is 2.44. The van der Waals surface area contributed by atoms with Gasteiger partial charge in [0.15, 0.2) is 0 Å². The van der Waals surface area contributed by atoms with Crippen molar-refractivity contribution < 1.29 is 9.90 Å². The minimum absolute atomic E-state index is 0.0261. The molecule has 0 aliphatic carbocycles. The third-order valence-corrected chi connectivity index (χ3v) is 2.44. The summed E-state index contributed by atoms with van der Waals surface area (Å²) in [4.78, 5) is 13.8. The van der Waals surface area contributed by atoms with Gasteiger partial charge in [-0.25, -0.2) is 0 Å². The normalized spacial score (nSPS) is 10.0. The van der Waals surface area contributed by atoms with Gasteiger partial charge < -0.3 is 10.0 Å². The highest BCUT2D eigenvalue weighted by Gasteiger charge is 2.18. The quantitative estimate of drug-likeness (QED) is 0.865. The molecule has 0 aliphatic rings. The molecule has 0 atom stereocenters. The van der Waals surface area contributed by atoms with E-state index in [2.05, 4.69) is 0 Å².